The molecule has 1 amide bonds. The number of unbranched alkanes of at least 4 members (excludes halogenated alkanes) is 1. The molecule has 1 saturated carbocycles. The van der Waals surface area contributed by atoms with Crippen molar-refractivity contribution in [2.75, 3.05) is 24.6 Å². The maximum atomic E-state index is 11.5. The summed E-state index contributed by atoms with van der Waals surface area (Å²) in [7, 11) is 0. The summed E-state index contributed by atoms with van der Waals surface area (Å²) < 4.78 is 0. The molecule has 0 aliphatic heterocycles. The average Bonchev–Trinajstić information content (AvgIpc) is 2.42. The fourth-order valence-corrected chi connectivity index (χ4v) is 5.11. The zero-order valence-corrected chi connectivity index (χ0v) is 16.4. The van der Waals surface area contributed by atoms with Crippen molar-refractivity contribution in [3.05, 3.63) is 0 Å². The summed E-state index contributed by atoms with van der Waals surface area (Å²) in [5.74, 6) is 2.47. The van der Waals surface area contributed by atoms with E-state index in [2.05, 4.69) is 50.1 Å². The second kappa shape index (κ2) is 10.8. The number of amides is 1. The number of hydrogen-bond donors (Lipinski definition) is 2. The van der Waals surface area contributed by atoms with Crippen molar-refractivity contribution >= 4 is 29.4 Å². The lowest BCUT2D eigenvalue weighted by Crippen LogP contribution is -2.38. The highest BCUT2D eigenvalue weighted by Crippen LogP contribution is 2.39. The van der Waals surface area contributed by atoms with Gasteiger partial charge in [0.15, 0.2) is 0 Å². The van der Waals surface area contributed by atoms with Crippen molar-refractivity contribution in [3.8, 4) is 0 Å². The summed E-state index contributed by atoms with van der Waals surface area (Å²) in [6.45, 7) is 10.7. The van der Waals surface area contributed by atoms with Crippen molar-refractivity contribution in [1.82, 2.24) is 10.6 Å². The Morgan fingerprint density at radius 2 is 1.68 bits per heavy atom. The summed E-state index contributed by atoms with van der Waals surface area (Å²) in [5, 5.41) is 8.19. The maximum Gasteiger partial charge on any atom is 0.220 e. The first-order valence-corrected chi connectivity index (χ1v) is 10.8. The Bertz CT molecular complexity index is 318. The van der Waals surface area contributed by atoms with E-state index < -0.39 is 0 Å². The quantitative estimate of drug-likeness (QED) is 0.560. The van der Waals surface area contributed by atoms with Crippen LogP contribution in [0, 0.1) is 0 Å². The third kappa shape index (κ3) is 9.31. The number of thioether (sulfide) groups is 2. The molecular weight excluding hydrogens is 312 g/mol. The van der Waals surface area contributed by atoms with E-state index in [9.17, 15) is 4.79 Å². The molecule has 130 valence electrons. The van der Waals surface area contributed by atoms with Crippen LogP contribution in [0.25, 0.3) is 0 Å². The van der Waals surface area contributed by atoms with Crippen molar-refractivity contribution < 1.29 is 4.79 Å². The Morgan fingerprint density at radius 1 is 1.09 bits per heavy atom. The van der Waals surface area contributed by atoms with Crippen molar-refractivity contribution in [1.29, 1.82) is 0 Å². The van der Waals surface area contributed by atoms with Crippen LogP contribution in [0.1, 0.15) is 59.8 Å². The van der Waals surface area contributed by atoms with Crippen LogP contribution in [0.15, 0.2) is 0 Å². The van der Waals surface area contributed by atoms with Gasteiger partial charge in [0.2, 0.25) is 5.91 Å². The van der Waals surface area contributed by atoms with Gasteiger partial charge in [-0.2, -0.15) is 23.5 Å². The van der Waals surface area contributed by atoms with Crippen molar-refractivity contribution in [2.24, 2.45) is 0 Å². The molecule has 0 aromatic heterocycles. The Labute approximate surface area is 145 Å². The molecule has 1 fully saturated rings. The van der Waals surface area contributed by atoms with E-state index in [1.165, 1.54) is 18.6 Å². The Morgan fingerprint density at radius 3 is 2.18 bits per heavy atom. The van der Waals surface area contributed by atoms with Gasteiger partial charge in [-0.25, -0.2) is 0 Å². The summed E-state index contributed by atoms with van der Waals surface area (Å²) in [5.41, 5.74) is 0.226. The predicted molar refractivity (Wildman–Crippen MR) is 102 cm³/mol. The molecule has 0 radical (unpaired) electrons. The fourth-order valence-electron chi connectivity index (χ4n) is 2.28. The maximum absolute atomic E-state index is 11.5. The number of rotatable bonds is 11. The number of nitrogens with one attached hydrogen (secondary N) is 2. The minimum atomic E-state index is 0.218. The van der Waals surface area contributed by atoms with Crippen molar-refractivity contribution in [3.63, 3.8) is 0 Å². The van der Waals surface area contributed by atoms with Crippen LogP contribution in [0.2, 0.25) is 0 Å². The lowest BCUT2D eigenvalue weighted by molar-refractivity contribution is -0.121. The molecule has 22 heavy (non-hydrogen) atoms. The second-order valence-corrected chi connectivity index (χ2v) is 9.72. The molecule has 3 nitrogen and oxygen atoms in total. The van der Waals surface area contributed by atoms with Gasteiger partial charge in [-0.15, -0.1) is 0 Å². The molecule has 0 spiro atoms. The van der Waals surface area contributed by atoms with Crippen LogP contribution in [0.3, 0.4) is 0 Å². The van der Waals surface area contributed by atoms with E-state index in [1.54, 1.807) is 0 Å². The Kier molecular flexibility index (Phi) is 9.92. The van der Waals surface area contributed by atoms with E-state index >= 15 is 0 Å². The topological polar surface area (TPSA) is 41.1 Å². The SMILES string of the molecule is CCCCC(=O)NCCSC1CCC1SCCNC(C)(C)C. The molecule has 1 aliphatic carbocycles. The zero-order chi connectivity index (χ0) is 16.4. The van der Waals surface area contributed by atoms with Crippen LogP contribution < -0.4 is 10.6 Å². The van der Waals surface area contributed by atoms with Gasteiger partial charge in [0, 0.05) is 47.1 Å². The molecule has 2 unspecified atom stereocenters. The van der Waals surface area contributed by atoms with Gasteiger partial charge in [-0.3, -0.25) is 4.79 Å². The molecule has 0 bridgehead atoms. The molecule has 1 aliphatic rings. The van der Waals surface area contributed by atoms with E-state index in [1.807, 2.05) is 11.8 Å². The largest absolute Gasteiger partial charge is 0.355 e. The van der Waals surface area contributed by atoms with E-state index in [0.717, 1.165) is 42.2 Å². The summed E-state index contributed by atoms with van der Waals surface area (Å²) in [6, 6.07) is 0. The molecule has 1 rings (SSSR count). The normalized spacial score (nSPS) is 21.5. The highest BCUT2D eigenvalue weighted by atomic mass is 32.2. The standard InChI is InChI=1S/C17H34N2OS2/c1-5-6-7-16(20)18-10-12-21-14-8-9-15(14)22-13-11-19-17(2,3)4/h14-15,19H,5-13H2,1-4H3,(H,18,20). The molecule has 5 heteroatoms. The van der Waals surface area contributed by atoms with Crippen LogP contribution >= 0.6 is 23.5 Å². The summed E-state index contributed by atoms with van der Waals surface area (Å²) >= 11 is 4.16. The highest BCUT2D eigenvalue weighted by molar-refractivity contribution is 8.04. The fraction of sp³-hybridized carbons (Fsp3) is 0.941. The van der Waals surface area contributed by atoms with Gasteiger partial charge in [-0.1, -0.05) is 13.3 Å². The van der Waals surface area contributed by atoms with Crippen LogP contribution in [0.5, 0.6) is 0 Å². The average molecular weight is 347 g/mol. The first-order valence-electron chi connectivity index (χ1n) is 8.67. The molecule has 0 heterocycles. The minimum Gasteiger partial charge on any atom is -0.355 e. The first-order chi connectivity index (χ1) is 10.4. The van der Waals surface area contributed by atoms with Gasteiger partial charge in [-0.05, 0) is 40.0 Å². The van der Waals surface area contributed by atoms with Crippen LogP contribution in [-0.4, -0.2) is 46.5 Å². The lowest BCUT2D eigenvalue weighted by Gasteiger charge is -2.36. The lowest BCUT2D eigenvalue weighted by atomic mass is 9.99. The monoisotopic (exact) mass is 346 g/mol. The van der Waals surface area contributed by atoms with E-state index in [4.69, 9.17) is 0 Å². The second-order valence-electron chi connectivity index (χ2n) is 7.03. The van der Waals surface area contributed by atoms with Crippen molar-refractivity contribution in [2.45, 2.75) is 75.8 Å². The number of hydrogen-bond acceptors (Lipinski definition) is 4. The molecule has 2 N–H and O–H groups in total. The van der Waals surface area contributed by atoms with E-state index in [-0.39, 0.29) is 11.4 Å². The molecule has 0 aromatic carbocycles. The van der Waals surface area contributed by atoms with Gasteiger partial charge in [0.1, 0.15) is 0 Å². The highest BCUT2D eigenvalue weighted by Gasteiger charge is 2.31. The smallest absolute Gasteiger partial charge is 0.220 e. The number of carbonyl (C=O) groups excluding carboxylic acids is 1. The minimum absolute atomic E-state index is 0.218. The third-order valence-corrected chi connectivity index (χ3v) is 6.79. The molecule has 0 saturated heterocycles. The Balaban J connectivity index is 1.99. The molecule has 2 atom stereocenters. The van der Waals surface area contributed by atoms with Crippen LogP contribution in [-0.2, 0) is 4.79 Å². The zero-order valence-electron chi connectivity index (χ0n) is 14.7. The summed E-state index contributed by atoms with van der Waals surface area (Å²) in [4.78, 5) is 11.5. The first kappa shape index (κ1) is 20.2. The predicted octanol–water partition coefficient (Wildman–Crippen LogP) is 3.68. The molecule has 0 aromatic rings. The van der Waals surface area contributed by atoms with Gasteiger partial charge >= 0.3 is 0 Å². The Hall–Kier alpha value is 0.130. The van der Waals surface area contributed by atoms with Gasteiger partial charge in [0.05, 0.1) is 0 Å². The van der Waals surface area contributed by atoms with Gasteiger partial charge in [0.25, 0.3) is 0 Å². The summed E-state index contributed by atoms with van der Waals surface area (Å²) in [6.07, 6.45) is 5.49. The van der Waals surface area contributed by atoms with Crippen LogP contribution in [0.4, 0.5) is 0 Å². The van der Waals surface area contributed by atoms with Gasteiger partial charge < -0.3 is 10.6 Å². The molecular formula is C17H34N2OS2. The van der Waals surface area contributed by atoms with E-state index in [0.29, 0.717) is 6.42 Å². The number of carbonyl (C=O) groups is 1. The third-order valence-electron chi connectivity index (χ3n) is 3.75.